The van der Waals surface area contributed by atoms with E-state index in [0.29, 0.717) is 6.42 Å². The van der Waals surface area contributed by atoms with Gasteiger partial charge < -0.3 is 5.32 Å². The van der Waals surface area contributed by atoms with Gasteiger partial charge in [0.2, 0.25) is 5.91 Å². The van der Waals surface area contributed by atoms with E-state index in [1.807, 2.05) is 39.0 Å². The van der Waals surface area contributed by atoms with Gasteiger partial charge in [0.05, 0.1) is 21.5 Å². The summed E-state index contributed by atoms with van der Waals surface area (Å²) in [5.41, 5.74) is 3.10. The second kappa shape index (κ2) is 10.5. The lowest BCUT2D eigenvalue weighted by atomic mass is 9.97. The summed E-state index contributed by atoms with van der Waals surface area (Å²) in [5.74, 6) is -0.482. The molecule has 8 nitrogen and oxygen atoms in total. The van der Waals surface area contributed by atoms with Gasteiger partial charge in [0.15, 0.2) is 0 Å². The lowest BCUT2D eigenvalue weighted by Gasteiger charge is -2.26. The molecular formula is C25H27N3O5S. The molecule has 34 heavy (non-hydrogen) atoms. The van der Waals surface area contributed by atoms with Gasteiger partial charge in [-0.05, 0) is 55.7 Å². The monoisotopic (exact) mass is 481 g/mol. The second-order valence-electron chi connectivity index (χ2n) is 7.99. The Bertz CT molecular complexity index is 1280. The number of benzene rings is 3. The Kier molecular flexibility index (Phi) is 7.68. The predicted molar refractivity (Wildman–Crippen MR) is 131 cm³/mol. The van der Waals surface area contributed by atoms with Crippen LogP contribution in [0.4, 0.5) is 11.4 Å². The maximum absolute atomic E-state index is 13.4. The van der Waals surface area contributed by atoms with Crippen molar-refractivity contribution < 1.29 is 18.1 Å². The number of carbonyl (C=O) groups excluding carboxylic acids is 1. The van der Waals surface area contributed by atoms with Crippen LogP contribution in [-0.2, 0) is 14.8 Å². The quantitative estimate of drug-likeness (QED) is 0.353. The first kappa shape index (κ1) is 24.9. The van der Waals surface area contributed by atoms with Gasteiger partial charge in [-0.3, -0.25) is 19.2 Å². The number of nitrogens with zero attached hydrogens (tertiary/aromatic N) is 2. The number of anilines is 1. The first-order valence-electron chi connectivity index (χ1n) is 10.8. The zero-order chi connectivity index (χ0) is 24.9. The zero-order valence-electron chi connectivity index (χ0n) is 19.3. The van der Waals surface area contributed by atoms with Gasteiger partial charge in [-0.2, -0.15) is 0 Å². The molecule has 0 bridgehead atoms. The molecular weight excluding hydrogens is 454 g/mol. The molecule has 1 amide bonds. The normalized spacial score (nSPS) is 12.1. The Morgan fingerprint density at radius 3 is 2.24 bits per heavy atom. The molecule has 0 aliphatic rings. The fraction of sp³-hybridized carbons (Fsp3) is 0.240. The fourth-order valence-corrected chi connectivity index (χ4v) is 5.20. The zero-order valence-corrected chi connectivity index (χ0v) is 20.1. The predicted octanol–water partition coefficient (Wildman–Crippen LogP) is 4.67. The molecule has 0 aliphatic heterocycles. The molecule has 0 heterocycles. The summed E-state index contributed by atoms with van der Waals surface area (Å²) < 4.78 is 27.8. The van der Waals surface area contributed by atoms with Crippen LogP contribution < -0.4 is 9.62 Å². The molecule has 0 aromatic heterocycles. The Hall–Kier alpha value is -3.72. The van der Waals surface area contributed by atoms with Crippen molar-refractivity contribution in [2.24, 2.45) is 0 Å². The highest BCUT2D eigenvalue weighted by Gasteiger charge is 2.28. The average Bonchev–Trinajstić information content (AvgIpc) is 2.82. The van der Waals surface area contributed by atoms with Crippen LogP contribution >= 0.6 is 0 Å². The van der Waals surface area contributed by atoms with E-state index in [4.69, 9.17) is 0 Å². The molecule has 3 rings (SSSR count). The average molecular weight is 482 g/mol. The molecule has 1 unspecified atom stereocenters. The Morgan fingerprint density at radius 1 is 1.03 bits per heavy atom. The number of sulfonamides is 1. The van der Waals surface area contributed by atoms with Crippen LogP contribution in [0, 0.1) is 24.0 Å². The number of nitrogens with one attached hydrogen (secondary N) is 1. The number of rotatable bonds is 9. The number of hydrogen-bond acceptors (Lipinski definition) is 5. The van der Waals surface area contributed by atoms with E-state index in [2.05, 4.69) is 5.32 Å². The van der Waals surface area contributed by atoms with E-state index in [9.17, 15) is 23.3 Å². The van der Waals surface area contributed by atoms with Crippen molar-refractivity contribution in [2.45, 2.75) is 38.1 Å². The molecule has 1 atom stereocenters. The van der Waals surface area contributed by atoms with Gasteiger partial charge in [-0.25, -0.2) is 8.42 Å². The third-order valence-corrected chi connectivity index (χ3v) is 7.30. The van der Waals surface area contributed by atoms with Crippen molar-refractivity contribution in [3.05, 3.63) is 99.6 Å². The highest BCUT2D eigenvalue weighted by atomic mass is 32.2. The largest absolute Gasteiger partial charge is 0.348 e. The van der Waals surface area contributed by atoms with E-state index in [0.717, 1.165) is 21.0 Å². The number of nitro groups is 1. The third kappa shape index (κ3) is 5.60. The molecule has 0 saturated heterocycles. The van der Waals surface area contributed by atoms with E-state index in [1.54, 1.807) is 18.2 Å². The smallest absolute Gasteiger partial charge is 0.269 e. The maximum Gasteiger partial charge on any atom is 0.269 e. The lowest BCUT2D eigenvalue weighted by Crippen LogP contribution is -2.42. The molecule has 1 N–H and O–H groups in total. The summed E-state index contributed by atoms with van der Waals surface area (Å²) in [7, 11) is -4.10. The summed E-state index contributed by atoms with van der Waals surface area (Å²) in [6, 6.07) is 18.5. The summed E-state index contributed by atoms with van der Waals surface area (Å²) in [6.45, 7) is 5.43. The molecule has 0 spiro atoms. The second-order valence-corrected chi connectivity index (χ2v) is 9.85. The van der Waals surface area contributed by atoms with Crippen molar-refractivity contribution in [3.8, 4) is 0 Å². The van der Waals surface area contributed by atoms with Crippen LogP contribution in [0.15, 0.2) is 77.7 Å². The van der Waals surface area contributed by atoms with Crippen LogP contribution in [0.3, 0.4) is 0 Å². The molecule has 0 radical (unpaired) electrons. The summed E-state index contributed by atoms with van der Waals surface area (Å²) in [4.78, 5) is 23.5. The minimum atomic E-state index is -4.10. The van der Waals surface area contributed by atoms with Gasteiger partial charge in [0, 0.05) is 12.1 Å². The Labute approximate surface area is 199 Å². The molecule has 0 saturated carbocycles. The van der Waals surface area contributed by atoms with Gasteiger partial charge in [-0.15, -0.1) is 0 Å². The molecule has 3 aromatic rings. The molecule has 9 heteroatoms. The highest BCUT2D eigenvalue weighted by Crippen LogP contribution is 2.26. The number of nitro benzene ring substituents is 1. The minimum Gasteiger partial charge on any atom is -0.348 e. The third-order valence-electron chi connectivity index (χ3n) is 5.51. The molecule has 3 aromatic carbocycles. The van der Waals surface area contributed by atoms with E-state index in [-0.39, 0.29) is 22.3 Å². The van der Waals surface area contributed by atoms with Crippen molar-refractivity contribution in [1.29, 1.82) is 0 Å². The SMILES string of the molecule is CCC(NC(=O)CN(c1ccc([N+](=O)[O-])cc1)S(=O)(=O)c1ccccc1)c1ccc(C)cc1C. The first-order chi connectivity index (χ1) is 16.1. The number of aryl methyl sites for hydroxylation is 2. The van der Waals surface area contributed by atoms with E-state index in [1.165, 1.54) is 36.4 Å². The lowest BCUT2D eigenvalue weighted by molar-refractivity contribution is -0.384. The minimum absolute atomic E-state index is 0.0163. The van der Waals surface area contributed by atoms with Gasteiger partial charge in [-0.1, -0.05) is 48.9 Å². The van der Waals surface area contributed by atoms with Crippen LogP contribution in [0.5, 0.6) is 0 Å². The summed E-state index contributed by atoms with van der Waals surface area (Å²) >= 11 is 0. The maximum atomic E-state index is 13.4. The number of non-ortho nitro benzene ring substituents is 1. The van der Waals surface area contributed by atoms with E-state index < -0.39 is 27.4 Å². The van der Waals surface area contributed by atoms with Crippen LogP contribution in [0.2, 0.25) is 0 Å². The summed E-state index contributed by atoms with van der Waals surface area (Å²) in [6.07, 6.45) is 0.624. The van der Waals surface area contributed by atoms with Crippen molar-refractivity contribution in [2.75, 3.05) is 10.8 Å². The topological polar surface area (TPSA) is 110 Å². The number of amides is 1. The van der Waals surface area contributed by atoms with Crippen molar-refractivity contribution in [1.82, 2.24) is 5.32 Å². The number of hydrogen-bond donors (Lipinski definition) is 1. The Morgan fingerprint density at radius 2 is 1.68 bits per heavy atom. The van der Waals surface area contributed by atoms with Crippen molar-refractivity contribution in [3.63, 3.8) is 0 Å². The summed E-state index contributed by atoms with van der Waals surface area (Å²) in [5, 5.41) is 14.0. The van der Waals surface area contributed by atoms with Gasteiger partial charge in [0.1, 0.15) is 6.54 Å². The van der Waals surface area contributed by atoms with E-state index >= 15 is 0 Å². The van der Waals surface area contributed by atoms with Crippen LogP contribution in [-0.4, -0.2) is 25.8 Å². The van der Waals surface area contributed by atoms with Gasteiger partial charge >= 0.3 is 0 Å². The Balaban J connectivity index is 1.93. The first-order valence-corrected chi connectivity index (χ1v) is 12.3. The molecule has 0 aliphatic carbocycles. The highest BCUT2D eigenvalue weighted by molar-refractivity contribution is 7.92. The van der Waals surface area contributed by atoms with Crippen LogP contribution in [0.1, 0.15) is 36.1 Å². The standard InChI is InChI=1S/C25H27N3O5S/c1-4-24(23-15-10-18(2)16-19(23)3)26-25(29)17-27(20-11-13-21(14-12-20)28(30)31)34(32,33)22-8-6-5-7-9-22/h5-16,24H,4,17H2,1-3H3,(H,26,29). The van der Waals surface area contributed by atoms with Crippen LogP contribution in [0.25, 0.3) is 0 Å². The molecule has 178 valence electrons. The van der Waals surface area contributed by atoms with Gasteiger partial charge in [0.25, 0.3) is 15.7 Å². The molecule has 0 fully saturated rings. The van der Waals surface area contributed by atoms with Crippen molar-refractivity contribution >= 4 is 27.3 Å². The number of carbonyl (C=O) groups is 1. The fourth-order valence-electron chi connectivity index (χ4n) is 3.76.